The first-order chi connectivity index (χ1) is 23.3. The number of hydrogen-bond acceptors (Lipinski definition) is 2. The second-order valence-electron chi connectivity index (χ2n) is 12.2. The van der Waals surface area contributed by atoms with Crippen LogP contribution in [0.15, 0.2) is 174 Å². The van der Waals surface area contributed by atoms with Crippen LogP contribution in [0, 0.1) is 0 Å². The Morgan fingerprint density at radius 1 is 0.404 bits per heavy atom. The van der Waals surface area contributed by atoms with E-state index in [2.05, 4.69) is 167 Å². The summed E-state index contributed by atoms with van der Waals surface area (Å²) in [5.74, 6) is 0. The van der Waals surface area contributed by atoms with Crippen molar-refractivity contribution in [2.24, 2.45) is 0 Å². The van der Waals surface area contributed by atoms with Gasteiger partial charge in [0, 0.05) is 33.2 Å². The van der Waals surface area contributed by atoms with Gasteiger partial charge in [-0.15, -0.1) is 0 Å². The summed E-state index contributed by atoms with van der Waals surface area (Å²) in [6.07, 6.45) is 0. The van der Waals surface area contributed by atoms with Crippen LogP contribution in [0.25, 0.3) is 71.0 Å². The smallest absolute Gasteiger partial charge is 0.137 e. The van der Waals surface area contributed by atoms with E-state index in [0.717, 1.165) is 44.7 Å². The Morgan fingerprint density at radius 3 is 1.89 bits per heavy atom. The SMILES string of the molecule is c1ccc(-n2c3ccc(N(c4ccc5ccccc5c4)c4cccc5oc6ccccc6c45)cc3c3cc4ccccc4cc32)cc1. The van der Waals surface area contributed by atoms with Gasteiger partial charge in [0.2, 0.25) is 0 Å². The Hall–Kier alpha value is -6.32. The highest BCUT2D eigenvalue weighted by atomic mass is 16.3. The molecule has 0 aliphatic carbocycles. The average molecular weight is 601 g/mol. The predicted octanol–water partition coefficient (Wildman–Crippen LogP) is 12.5. The van der Waals surface area contributed by atoms with Gasteiger partial charge in [-0.05, 0) is 94.3 Å². The van der Waals surface area contributed by atoms with Crippen molar-refractivity contribution < 1.29 is 4.42 Å². The van der Waals surface area contributed by atoms with Crippen molar-refractivity contribution in [2.45, 2.75) is 0 Å². The van der Waals surface area contributed by atoms with Crippen LogP contribution in [0.3, 0.4) is 0 Å². The molecule has 0 atom stereocenters. The minimum absolute atomic E-state index is 0.878. The van der Waals surface area contributed by atoms with Crippen molar-refractivity contribution in [2.75, 3.05) is 4.90 Å². The summed E-state index contributed by atoms with van der Waals surface area (Å²) in [4.78, 5) is 2.39. The van der Waals surface area contributed by atoms with E-state index in [1.54, 1.807) is 0 Å². The van der Waals surface area contributed by atoms with Gasteiger partial charge >= 0.3 is 0 Å². The highest BCUT2D eigenvalue weighted by Crippen LogP contribution is 2.45. The first-order valence-corrected chi connectivity index (χ1v) is 16.0. The number of aromatic nitrogens is 1. The third-order valence-corrected chi connectivity index (χ3v) is 9.50. The maximum Gasteiger partial charge on any atom is 0.137 e. The van der Waals surface area contributed by atoms with Gasteiger partial charge < -0.3 is 13.9 Å². The van der Waals surface area contributed by atoms with Gasteiger partial charge in [-0.25, -0.2) is 0 Å². The normalized spacial score (nSPS) is 11.8. The molecule has 0 N–H and O–H groups in total. The Labute approximate surface area is 271 Å². The lowest BCUT2D eigenvalue weighted by molar-refractivity contribution is 0.669. The molecule has 10 rings (SSSR count). The van der Waals surface area contributed by atoms with Crippen molar-refractivity contribution >= 4 is 82.4 Å². The third kappa shape index (κ3) is 4.00. The zero-order chi connectivity index (χ0) is 30.9. The van der Waals surface area contributed by atoms with Crippen LogP contribution in [-0.4, -0.2) is 4.57 Å². The zero-order valence-corrected chi connectivity index (χ0v) is 25.5. The molecule has 3 nitrogen and oxygen atoms in total. The van der Waals surface area contributed by atoms with Crippen LogP contribution in [0.1, 0.15) is 0 Å². The van der Waals surface area contributed by atoms with Crippen molar-refractivity contribution in [3.8, 4) is 5.69 Å². The van der Waals surface area contributed by atoms with Crippen LogP contribution in [0.2, 0.25) is 0 Å². The summed E-state index contributed by atoms with van der Waals surface area (Å²) in [6.45, 7) is 0. The standard InChI is InChI=1S/C44H28N2O/c1-2-15-33(16-3-1)46-39-24-23-35(28-38(39)37-26-31-13-6-7-14-32(31)27-41(37)46)45(34-22-21-29-11-4-5-12-30(29)25-34)40-18-10-20-43-44(40)36-17-8-9-19-42(36)47-43/h1-28H. The van der Waals surface area contributed by atoms with E-state index in [0.29, 0.717) is 0 Å². The summed E-state index contributed by atoms with van der Waals surface area (Å²) in [5.41, 5.74) is 8.56. The van der Waals surface area contributed by atoms with Gasteiger partial charge in [0.15, 0.2) is 0 Å². The van der Waals surface area contributed by atoms with Gasteiger partial charge in [-0.3, -0.25) is 0 Å². The van der Waals surface area contributed by atoms with Crippen LogP contribution < -0.4 is 4.90 Å². The van der Waals surface area contributed by atoms with Crippen LogP contribution >= 0.6 is 0 Å². The van der Waals surface area contributed by atoms with E-state index < -0.39 is 0 Å². The van der Waals surface area contributed by atoms with Gasteiger partial charge in [0.1, 0.15) is 11.2 Å². The molecule has 0 aliphatic heterocycles. The molecule has 0 unspecified atom stereocenters. The van der Waals surface area contributed by atoms with Gasteiger partial charge in [0.05, 0.1) is 22.1 Å². The topological polar surface area (TPSA) is 21.3 Å². The number of fused-ring (bicyclic) bond motifs is 8. The summed E-state index contributed by atoms with van der Waals surface area (Å²) >= 11 is 0. The summed E-state index contributed by atoms with van der Waals surface area (Å²) in [5, 5.41) is 9.54. The van der Waals surface area contributed by atoms with Gasteiger partial charge in [0.25, 0.3) is 0 Å². The van der Waals surface area contributed by atoms with Gasteiger partial charge in [-0.2, -0.15) is 0 Å². The molecular weight excluding hydrogens is 572 g/mol. The summed E-state index contributed by atoms with van der Waals surface area (Å²) in [7, 11) is 0. The second-order valence-corrected chi connectivity index (χ2v) is 12.2. The van der Waals surface area contributed by atoms with Crippen molar-refractivity contribution in [1.82, 2.24) is 4.57 Å². The minimum atomic E-state index is 0.878. The van der Waals surface area contributed by atoms with Crippen LogP contribution in [-0.2, 0) is 0 Å². The highest BCUT2D eigenvalue weighted by molar-refractivity contribution is 6.16. The fraction of sp³-hybridized carbons (Fsp3) is 0. The molecule has 0 amide bonds. The quantitative estimate of drug-likeness (QED) is 0.200. The minimum Gasteiger partial charge on any atom is -0.456 e. The van der Waals surface area contributed by atoms with E-state index in [9.17, 15) is 0 Å². The predicted molar refractivity (Wildman–Crippen MR) is 198 cm³/mol. The zero-order valence-electron chi connectivity index (χ0n) is 25.5. The molecule has 0 aliphatic rings. The molecule has 0 saturated heterocycles. The van der Waals surface area contributed by atoms with E-state index in [1.807, 2.05) is 12.1 Å². The Bertz CT molecular complexity index is 2810. The molecular formula is C44H28N2O. The highest BCUT2D eigenvalue weighted by Gasteiger charge is 2.21. The number of furan rings is 1. The summed E-state index contributed by atoms with van der Waals surface area (Å²) in [6, 6.07) is 60.9. The molecule has 10 aromatic rings. The maximum absolute atomic E-state index is 6.38. The number of rotatable bonds is 4. The van der Waals surface area contributed by atoms with Crippen molar-refractivity contribution in [3.63, 3.8) is 0 Å². The maximum atomic E-state index is 6.38. The molecule has 47 heavy (non-hydrogen) atoms. The van der Waals surface area contributed by atoms with E-state index in [1.165, 1.54) is 43.4 Å². The molecule has 0 spiro atoms. The molecule has 2 heterocycles. The summed E-state index contributed by atoms with van der Waals surface area (Å²) < 4.78 is 8.77. The van der Waals surface area contributed by atoms with Crippen LogP contribution in [0.5, 0.6) is 0 Å². The van der Waals surface area contributed by atoms with Gasteiger partial charge in [-0.1, -0.05) is 97.1 Å². The van der Waals surface area contributed by atoms with E-state index in [4.69, 9.17) is 4.42 Å². The Morgan fingerprint density at radius 2 is 1.04 bits per heavy atom. The molecule has 2 aromatic heterocycles. The molecule has 0 bridgehead atoms. The van der Waals surface area contributed by atoms with Crippen LogP contribution in [0.4, 0.5) is 17.1 Å². The number of para-hydroxylation sites is 2. The van der Waals surface area contributed by atoms with Crippen molar-refractivity contribution in [3.05, 3.63) is 170 Å². The largest absolute Gasteiger partial charge is 0.456 e. The lowest BCUT2D eigenvalue weighted by atomic mass is 10.0. The molecule has 0 fully saturated rings. The second kappa shape index (κ2) is 10.1. The molecule has 8 aromatic carbocycles. The molecule has 0 saturated carbocycles. The Kier molecular flexibility index (Phi) is 5.57. The molecule has 3 heteroatoms. The number of hydrogen-bond donors (Lipinski definition) is 0. The lowest BCUT2D eigenvalue weighted by Crippen LogP contribution is -2.10. The van der Waals surface area contributed by atoms with E-state index in [-0.39, 0.29) is 0 Å². The van der Waals surface area contributed by atoms with E-state index >= 15 is 0 Å². The third-order valence-electron chi connectivity index (χ3n) is 9.50. The monoisotopic (exact) mass is 600 g/mol. The molecule has 220 valence electrons. The Balaban J connectivity index is 1.30. The average Bonchev–Trinajstić information content (AvgIpc) is 3.66. The lowest BCUT2D eigenvalue weighted by Gasteiger charge is -2.27. The first-order valence-electron chi connectivity index (χ1n) is 16.0. The van der Waals surface area contributed by atoms with Crippen molar-refractivity contribution in [1.29, 1.82) is 0 Å². The number of nitrogens with zero attached hydrogens (tertiary/aromatic N) is 2. The fourth-order valence-corrected chi connectivity index (χ4v) is 7.37. The molecule has 0 radical (unpaired) electrons. The number of anilines is 3. The fourth-order valence-electron chi connectivity index (χ4n) is 7.37. The number of benzene rings is 8. The first kappa shape index (κ1) is 26.0.